The number of phenolic OH excluding ortho intramolecular Hbond substituents is 1. The van der Waals surface area contributed by atoms with Crippen molar-refractivity contribution in [3.63, 3.8) is 0 Å². The number of esters is 2. The van der Waals surface area contributed by atoms with Gasteiger partial charge in [0.2, 0.25) is 0 Å². The fourth-order valence-corrected chi connectivity index (χ4v) is 2.35. The highest BCUT2D eigenvalue weighted by atomic mass is 127. The molecule has 3 N–H and O–H groups in total. The molecule has 122 valence electrons. The molecule has 0 heterocycles. The summed E-state index contributed by atoms with van der Waals surface area (Å²) in [5.74, 6) is -1.14. The van der Waals surface area contributed by atoms with Crippen molar-refractivity contribution >= 4 is 34.5 Å². The molecule has 0 radical (unpaired) electrons. The Balaban J connectivity index is 2.50. The Morgan fingerprint density at radius 1 is 1.36 bits per heavy atom. The van der Waals surface area contributed by atoms with E-state index >= 15 is 0 Å². The molecule has 0 aromatic heterocycles. The Labute approximate surface area is 143 Å². The summed E-state index contributed by atoms with van der Waals surface area (Å²) in [6.07, 6.45) is 0.256. The van der Waals surface area contributed by atoms with Gasteiger partial charge in [-0.05, 0) is 67.5 Å². The first-order valence-electron chi connectivity index (χ1n) is 6.70. The maximum atomic E-state index is 11.8. The first-order valence-corrected chi connectivity index (χ1v) is 7.78. The number of benzene rings is 1. The second kappa shape index (κ2) is 7.77. The van der Waals surface area contributed by atoms with E-state index in [-0.39, 0.29) is 12.2 Å². The number of carbonyl (C=O) groups is 2. The number of hydrogen-bond donors (Lipinski definition) is 2. The van der Waals surface area contributed by atoms with Crippen LogP contribution in [0, 0.1) is 3.57 Å². The molecule has 1 atom stereocenters. The third-order valence-corrected chi connectivity index (χ3v) is 3.54. The highest BCUT2D eigenvalue weighted by molar-refractivity contribution is 14.1. The standard InChI is InChI=1S/C15H20INO5/c1-15(2,3)22-13(19)8-21-14(20)12(17)6-9-4-5-10(18)7-11(9)16/h4-5,7,12,18H,6,8,17H2,1-3H3. The van der Waals surface area contributed by atoms with Crippen molar-refractivity contribution in [2.75, 3.05) is 6.61 Å². The average molecular weight is 421 g/mol. The summed E-state index contributed by atoms with van der Waals surface area (Å²) < 4.78 is 10.7. The summed E-state index contributed by atoms with van der Waals surface area (Å²) in [7, 11) is 0. The summed E-state index contributed by atoms with van der Waals surface area (Å²) in [4.78, 5) is 23.3. The van der Waals surface area contributed by atoms with Crippen molar-refractivity contribution in [2.45, 2.75) is 38.8 Å². The van der Waals surface area contributed by atoms with Gasteiger partial charge >= 0.3 is 11.9 Å². The largest absolute Gasteiger partial charge is 0.508 e. The normalized spacial score (nSPS) is 12.6. The average Bonchev–Trinajstić information content (AvgIpc) is 2.37. The molecule has 1 aromatic rings. The quantitative estimate of drug-likeness (QED) is 0.556. The van der Waals surface area contributed by atoms with Gasteiger partial charge in [-0.15, -0.1) is 0 Å². The molecule has 1 aromatic carbocycles. The Hall–Kier alpha value is -1.35. The van der Waals surface area contributed by atoms with E-state index in [0.29, 0.717) is 0 Å². The molecule has 0 saturated carbocycles. The summed E-state index contributed by atoms with van der Waals surface area (Å²) >= 11 is 2.05. The molecule has 0 saturated heterocycles. The third-order valence-electron chi connectivity index (χ3n) is 2.53. The Morgan fingerprint density at radius 3 is 2.55 bits per heavy atom. The van der Waals surface area contributed by atoms with Crippen molar-refractivity contribution in [2.24, 2.45) is 5.73 Å². The van der Waals surface area contributed by atoms with Crippen LogP contribution in [-0.4, -0.2) is 35.3 Å². The summed E-state index contributed by atoms with van der Waals surface area (Å²) in [6, 6.07) is 3.91. The van der Waals surface area contributed by atoms with Gasteiger partial charge in [0.1, 0.15) is 17.4 Å². The highest BCUT2D eigenvalue weighted by Gasteiger charge is 2.21. The topological polar surface area (TPSA) is 98.9 Å². The molecule has 0 aliphatic rings. The van der Waals surface area contributed by atoms with Gasteiger partial charge in [0.15, 0.2) is 6.61 Å². The van der Waals surface area contributed by atoms with Crippen molar-refractivity contribution in [1.82, 2.24) is 0 Å². The van der Waals surface area contributed by atoms with Crippen LogP contribution >= 0.6 is 22.6 Å². The van der Waals surface area contributed by atoms with Crippen molar-refractivity contribution in [3.8, 4) is 5.75 Å². The number of ether oxygens (including phenoxy) is 2. The second-order valence-electron chi connectivity index (χ2n) is 5.78. The van der Waals surface area contributed by atoms with Gasteiger partial charge in [-0.2, -0.15) is 0 Å². The van der Waals surface area contributed by atoms with E-state index in [2.05, 4.69) is 0 Å². The monoisotopic (exact) mass is 421 g/mol. The van der Waals surface area contributed by atoms with E-state index in [9.17, 15) is 14.7 Å². The fourth-order valence-electron chi connectivity index (χ4n) is 1.63. The predicted molar refractivity (Wildman–Crippen MR) is 89.3 cm³/mol. The molecule has 0 bridgehead atoms. The van der Waals surface area contributed by atoms with Gasteiger partial charge in [-0.25, -0.2) is 4.79 Å². The number of aromatic hydroxyl groups is 1. The summed E-state index contributed by atoms with van der Waals surface area (Å²) in [6.45, 7) is 4.72. The van der Waals surface area contributed by atoms with Crippen LogP contribution in [0.25, 0.3) is 0 Å². The molecule has 0 aliphatic carbocycles. The van der Waals surface area contributed by atoms with E-state index in [1.807, 2.05) is 22.6 Å². The maximum Gasteiger partial charge on any atom is 0.344 e. The highest BCUT2D eigenvalue weighted by Crippen LogP contribution is 2.19. The van der Waals surface area contributed by atoms with Crippen molar-refractivity contribution < 1.29 is 24.2 Å². The minimum absolute atomic E-state index is 0.147. The number of carbonyl (C=O) groups excluding carboxylic acids is 2. The van der Waals surface area contributed by atoms with Crippen LogP contribution in [-0.2, 0) is 25.5 Å². The number of phenols is 1. The minimum Gasteiger partial charge on any atom is -0.508 e. The van der Waals surface area contributed by atoms with Gasteiger partial charge in [0.25, 0.3) is 0 Å². The van der Waals surface area contributed by atoms with Gasteiger partial charge in [0, 0.05) is 3.57 Å². The zero-order chi connectivity index (χ0) is 16.9. The zero-order valence-corrected chi connectivity index (χ0v) is 14.9. The van der Waals surface area contributed by atoms with E-state index in [1.165, 1.54) is 6.07 Å². The van der Waals surface area contributed by atoms with Crippen LogP contribution in [0.5, 0.6) is 5.75 Å². The molecule has 0 aliphatic heterocycles. The fraction of sp³-hybridized carbons (Fsp3) is 0.467. The van der Waals surface area contributed by atoms with Crippen LogP contribution < -0.4 is 5.73 Å². The molecule has 0 amide bonds. The van der Waals surface area contributed by atoms with Gasteiger partial charge in [-0.1, -0.05) is 6.07 Å². The van der Waals surface area contributed by atoms with Crippen molar-refractivity contribution in [1.29, 1.82) is 0 Å². The third kappa shape index (κ3) is 6.61. The predicted octanol–water partition coefficient (Wildman–Crippen LogP) is 1.75. The van der Waals surface area contributed by atoms with E-state index in [4.69, 9.17) is 15.2 Å². The molecular formula is C15H20INO5. The first-order chi connectivity index (χ1) is 10.1. The molecule has 6 nitrogen and oxygen atoms in total. The number of hydrogen-bond acceptors (Lipinski definition) is 6. The van der Waals surface area contributed by atoms with Crippen LogP contribution in [0.2, 0.25) is 0 Å². The maximum absolute atomic E-state index is 11.8. The first kappa shape index (κ1) is 18.7. The van der Waals surface area contributed by atoms with E-state index in [1.54, 1.807) is 32.9 Å². The number of rotatable bonds is 5. The van der Waals surface area contributed by atoms with Gasteiger partial charge < -0.3 is 20.3 Å². The summed E-state index contributed by atoms with van der Waals surface area (Å²) in [5, 5.41) is 9.34. The summed E-state index contributed by atoms with van der Waals surface area (Å²) in [5.41, 5.74) is 5.97. The lowest BCUT2D eigenvalue weighted by molar-refractivity contribution is -0.167. The lowest BCUT2D eigenvalue weighted by Gasteiger charge is -2.19. The Kier molecular flexibility index (Phi) is 6.61. The van der Waals surface area contributed by atoms with Crippen LogP contribution in [0.1, 0.15) is 26.3 Å². The van der Waals surface area contributed by atoms with Crippen LogP contribution in [0.15, 0.2) is 18.2 Å². The smallest absolute Gasteiger partial charge is 0.344 e. The molecule has 0 spiro atoms. The lowest BCUT2D eigenvalue weighted by atomic mass is 10.1. The molecule has 22 heavy (non-hydrogen) atoms. The van der Waals surface area contributed by atoms with Crippen LogP contribution in [0.4, 0.5) is 0 Å². The van der Waals surface area contributed by atoms with Crippen molar-refractivity contribution in [3.05, 3.63) is 27.3 Å². The minimum atomic E-state index is -0.888. The van der Waals surface area contributed by atoms with E-state index < -0.39 is 30.2 Å². The van der Waals surface area contributed by atoms with E-state index in [0.717, 1.165) is 9.13 Å². The Morgan fingerprint density at radius 2 is 2.00 bits per heavy atom. The molecule has 0 fully saturated rings. The molecule has 7 heteroatoms. The van der Waals surface area contributed by atoms with Crippen LogP contribution in [0.3, 0.4) is 0 Å². The van der Waals surface area contributed by atoms with Gasteiger partial charge in [0.05, 0.1) is 0 Å². The van der Waals surface area contributed by atoms with Gasteiger partial charge in [-0.3, -0.25) is 4.79 Å². The lowest BCUT2D eigenvalue weighted by Crippen LogP contribution is -2.36. The molecule has 1 rings (SSSR count). The number of nitrogens with two attached hydrogens (primary N) is 1. The molecular weight excluding hydrogens is 401 g/mol. The number of halogens is 1. The SMILES string of the molecule is CC(C)(C)OC(=O)COC(=O)C(N)Cc1ccc(O)cc1I. The Bertz CT molecular complexity index is 553. The zero-order valence-electron chi connectivity index (χ0n) is 12.8. The second-order valence-corrected chi connectivity index (χ2v) is 6.94. The molecule has 1 unspecified atom stereocenters.